The number of amides is 2. The van der Waals surface area contributed by atoms with E-state index in [0.29, 0.717) is 5.69 Å². The van der Waals surface area contributed by atoms with Crippen molar-refractivity contribution >= 4 is 28.5 Å². The Hall–Kier alpha value is -2.37. The Morgan fingerprint density at radius 2 is 1.86 bits per heavy atom. The summed E-state index contributed by atoms with van der Waals surface area (Å²) in [6, 6.07) is 5.42. The number of carbonyl (C=O) groups is 2. The number of hydrogen-bond donors (Lipinski definition) is 3. The summed E-state index contributed by atoms with van der Waals surface area (Å²) in [6.07, 6.45) is 8.16. The van der Waals surface area contributed by atoms with Crippen molar-refractivity contribution in [3.63, 3.8) is 0 Å². The SMILES string of the molecule is O=C(Nc1ccc2nc[nH]c2c1)C(=O)NC1CCCCCC1. The fraction of sp³-hybridized carbons (Fsp3) is 0.438. The van der Waals surface area contributed by atoms with Crippen LogP contribution in [0.5, 0.6) is 0 Å². The van der Waals surface area contributed by atoms with E-state index in [4.69, 9.17) is 0 Å². The van der Waals surface area contributed by atoms with E-state index < -0.39 is 11.8 Å². The molecule has 2 aromatic rings. The molecular formula is C16H20N4O2. The summed E-state index contributed by atoms with van der Waals surface area (Å²) < 4.78 is 0. The molecule has 0 aliphatic heterocycles. The molecule has 0 saturated heterocycles. The van der Waals surface area contributed by atoms with Gasteiger partial charge in [0.1, 0.15) is 0 Å². The van der Waals surface area contributed by atoms with Crippen molar-refractivity contribution in [2.24, 2.45) is 0 Å². The van der Waals surface area contributed by atoms with E-state index in [-0.39, 0.29) is 6.04 Å². The maximum atomic E-state index is 12.0. The predicted molar refractivity (Wildman–Crippen MR) is 84.4 cm³/mol. The minimum Gasteiger partial charge on any atom is -0.345 e. The molecule has 0 bridgehead atoms. The summed E-state index contributed by atoms with van der Waals surface area (Å²) in [7, 11) is 0. The Kier molecular flexibility index (Phi) is 4.37. The number of carbonyl (C=O) groups excluding carboxylic acids is 2. The number of aromatic nitrogens is 2. The van der Waals surface area contributed by atoms with Crippen LogP contribution in [0.2, 0.25) is 0 Å². The van der Waals surface area contributed by atoms with Crippen LogP contribution in [-0.2, 0) is 9.59 Å². The number of anilines is 1. The molecular weight excluding hydrogens is 280 g/mol. The molecule has 2 amide bonds. The molecule has 1 saturated carbocycles. The van der Waals surface area contributed by atoms with Crippen LogP contribution < -0.4 is 10.6 Å². The summed E-state index contributed by atoms with van der Waals surface area (Å²) >= 11 is 0. The second kappa shape index (κ2) is 6.60. The Labute approximate surface area is 128 Å². The first-order chi connectivity index (χ1) is 10.7. The van der Waals surface area contributed by atoms with E-state index in [1.807, 2.05) is 0 Å². The molecule has 1 aliphatic carbocycles. The lowest BCUT2D eigenvalue weighted by Crippen LogP contribution is -2.41. The molecule has 6 nitrogen and oxygen atoms in total. The Morgan fingerprint density at radius 3 is 2.64 bits per heavy atom. The molecule has 1 fully saturated rings. The summed E-state index contributed by atoms with van der Waals surface area (Å²) in [5.74, 6) is -1.18. The molecule has 116 valence electrons. The molecule has 1 aromatic heterocycles. The lowest BCUT2D eigenvalue weighted by atomic mass is 10.1. The first kappa shape index (κ1) is 14.6. The third kappa shape index (κ3) is 3.44. The zero-order valence-electron chi connectivity index (χ0n) is 12.4. The molecule has 0 spiro atoms. The van der Waals surface area contributed by atoms with Gasteiger partial charge in [0, 0.05) is 11.7 Å². The summed E-state index contributed by atoms with van der Waals surface area (Å²) in [5, 5.41) is 5.47. The molecule has 1 aromatic carbocycles. The zero-order chi connectivity index (χ0) is 15.4. The van der Waals surface area contributed by atoms with Crippen LogP contribution in [0.1, 0.15) is 38.5 Å². The van der Waals surface area contributed by atoms with Crippen LogP contribution in [0.3, 0.4) is 0 Å². The van der Waals surface area contributed by atoms with E-state index in [0.717, 1.165) is 36.7 Å². The minimum atomic E-state index is -0.622. The van der Waals surface area contributed by atoms with Gasteiger partial charge in [-0.3, -0.25) is 9.59 Å². The van der Waals surface area contributed by atoms with Gasteiger partial charge < -0.3 is 15.6 Å². The van der Waals surface area contributed by atoms with Crippen LogP contribution in [0.4, 0.5) is 5.69 Å². The number of aromatic amines is 1. The van der Waals surface area contributed by atoms with Crippen molar-refractivity contribution in [3.05, 3.63) is 24.5 Å². The second-order valence-corrected chi connectivity index (χ2v) is 5.75. The van der Waals surface area contributed by atoms with Gasteiger partial charge in [-0.05, 0) is 31.0 Å². The number of H-pyrrole nitrogens is 1. The van der Waals surface area contributed by atoms with Gasteiger partial charge in [0.15, 0.2) is 0 Å². The van der Waals surface area contributed by atoms with Crippen molar-refractivity contribution < 1.29 is 9.59 Å². The maximum Gasteiger partial charge on any atom is 0.313 e. The normalized spacial score (nSPS) is 16.2. The molecule has 22 heavy (non-hydrogen) atoms. The highest BCUT2D eigenvalue weighted by molar-refractivity contribution is 6.39. The average molecular weight is 300 g/mol. The van der Waals surface area contributed by atoms with E-state index in [2.05, 4.69) is 20.6 Å². The van der Waals surface area contributed by atoms with Gasteiger partial charge in [-0.2, -0.15) is 0 Å². The largest absolute Gasteiger partial charge is 0.345 e. The summed E-state index contributed by atoms with van der Waals surface area (Å²) in [5.41, 5.74) is 2.22. The number of hydrogen-bond acceptors (Lipinski definition) is 3. The molecule has 1 heterocycles. The number of nitrogens with zero attached hydrogens (tertiary/aromatic N) is 1. The topological polar surface area (TPSA) is 86.9 Å². The van der Waals surface area contributed by atoms with Crippen LogP contribution in [0.25, 0.3) is 11.0 Å². The summed E-state index contributed by atoms with van der Waals surface area (Å²) in [6.45, 7) is 0. The lowest BCUT2D eigenvalue weighted by molar-refractivity contribution is -0.136. The number of imidazole rings is 1. The third-order valence-electron chi connectivity index (χ3n) is 4.07. The third-order valence-corrected chi connectivity index (χ3v) is 4.07. The lowest BCUT2D eigenvalue weighted by Gasteiger charge is -2.15. The first-order valence-corrected chi connectivity index (χ1v) is 7.77. The second-order valence-electron chi connectivity index (χ2n) is 5.75. The quantitative estimate of drug-likeness (QED) is 0.587. The highest BCUT2D eigenvalue weighted by atomic mass is 16.2. The number of fused-ring (bicyclic) bond motifs is 1. The van der Waals surface area contributed by atoms with Crippen molar-refractivity contribution in [2.45, 2.75) is 44.6 Å². The number of benzene rings is 1. The van der Waals surface area contributed by atoms with Gasteiger partial charge in [0.25, 0.3) is 0 Å². The highest BCUT2D eigenvalue weighted by Crippen LogP contribution is 2.18. The zero-order valence-corrected chi connectivity index (χ0v) is 12.4. The Balaban J connectivity index is 1.59. The minimum absolute atomic E-state index is 0.121. The monoisotopic (exact) mass is 300 g/mol. The van der Waals surface area contributed by atoms with Crippen molar-refractivity contribution in [3.8, 4) is 0 Å². The van der Waals surface area contributed by atoms with Crippen LogP contribution >= 0.6 is 0 Å². The molecule has 0 atom stereocenters. The van der Waals surface area contributed by atoms with Gasteiger partial charge in [-0.15, -0.1) is 0 Å². The van der Waals surface area contributed by atoms with E-state index in [1.54, 1.807) is 24.5 Å². The van der Waals surface area contributed by atoms with Gasteiger partial charge in [0.2, 0.25) is 0 Å². The Bertz CT molecular complexity index is 672. The number of nitrogens with one attached hydrogen (secondary N) is 3. The fourth-order valence-corrected chi connectivity index (χ4v) is 2.88. The molecule has 3 N–H and O–H groups in total. The van der Waals surface area contributed by atoms with Crippen LogP contribution in [-0.4, -0.2) is 27.8 Å². The van der Waals surface area contributed by atoms with E-state index in [9.17, 15) is 9.59 Å². The van der Waals surface area contributed by atoms with Crippen LogP contribution in [0, 0.1) is 0 Å². The smallest absolute Gasteiger partial charge is 0.313 e. The van der Waals surface area contributed by atoms with Crippen molar-refractivity contribution in [2.75, 3.05) is 5.32 Å². The van der Waals surface area contributed by atoms with Gasteiger partial charge >= 0.3 is 11.8 Å². The Morgan fingerprint density at radius 1 is 1.09 bits per heavy atom. The van der Waals surface area contributed by atoms with Crippen LogP contribution in [0.15, 0.2) is 24.5 Å². The van der Waals surface area contributed by atoms with E-state index >= 15 is 0 Å². The number of rotatable bonds is 2. The molecule has 0 radical (unpaired) electrons. The van der Waals surface area contributed by atoms with Crippen molar-refractivity contribution in [1.29, 1.82) is 0 Å². The van der Waals surface area contributed by atoms with E-state index in [1.165, 1.54) is 12.8 Å². The molecule has 6 heteroatoms. The fourth-order valence-electron chi connectivity index (χ4n) is 2.88. The van der Waals surface area contributed by atoms with Crippen molar-refractivity contribution in [1.82, 2.24) is 15.3 Å². The highest BCUT2D eigenvalue weighted by Gasteiger charge is 2.19. The van der Waals surface area contributed by atoms with Gasteiger partial charge in [0.05, 0.1) is 17.4 Å². The molecule has 0 unspecified atom stereocenters. The average Bonchev–Trinajstić information content (AvgIpc) is 2.83. The standard InChI is InChI=1S/C16H20N4O2/c21-15(19-11-5-3-1-2-4-6-11)16(22)20-12-7-8-13-14(9-12)18-10-17-13/h7-11H,1-6H2,(H,17,18)(H,19,21)(H,20,22). The molecule has 1 aliphatic rings. The maximum absolute atomic E-state index is 12.0. The van der Waals surface area contributed by atoms with Gasteiger partial charge in [-0.1, -0.05) is 25.7 Å². The van der Waals surface area contributed by atoms with Gasteiger partial charge in [-0.25, -0.2) is 4.98 Å². The predicted octanol–water partition coefficient (Wildman–Crippen LogP) is 2.34. The summed E-state index contributed by atoms with van der Waals surface area (Å²) in [4.78, 5) is 31.1. The first-order valence-electron chi connectivity index (χ1n) is 7.77. The molecule has 3 rings (SSSR count).